The Kier molecular flexibility index (Phi) is 3.89. The fraction of sp³-hybridized carbons (Fsp3) is 0.235. The molecule has 1 amide bonds. The van der Waals surface area contributed by atoms with Gasteiger partial charge >= 0.3 is 12.0 Å². The molecule has 0 fully saturated rings. The molecule has 0 saturated heterocycles. The van der Waals surface area contributed by atoms with Crippen LogP contribution >= 0.6 is 0 Å². The van der Waals surface area contributed by atoms with Gasteiger partial charge in [0, 0.05) is 12.4 Å². The van der Waals surface area contributed by atoms with E-state index in [2.05, 4.69) is 9.72 Å². The minimum atomic E-state index is -3.93. The second-order valence-electron chi connectivity index (χ2n) is 5.32. The molecular formula is C17H13F2N3O2. The summed E-state index contributed by atoms with van der Waals surface area (Å²) in [5, 5.41) is 8.92. The molecule has 5 nitrogen and oxygen atoms in total. The minimum Gasteiger partial charge on any atom is -0.423 e. The zero-order valence-electron chi connectivity index (χ0n) is 12.8. The van der Waals surface area contributed by atoms with E-state index in [-0.39, 0.29) is 18.0 Å². The molecule has 24 heavy (non-hydrogen) atoms. The number of ether oxygens (including phenoxy) is 1. The maximum absolute atomic E-state index is 14.0. The van der Waals surface area contributed by atoms with E-state index < -0.39 is 12.0 Å². The third kappa shape index (κ3) is 2.67. The predicted molar refractivity (Wildman–Crippen MR) is 81.5 cm³/mol. The molecule has 0 radical (unpaired) electrons. The molecule has 1 aliphatic rings. The second-order valence-corrected chi connectivity index (χ2v) is 5.32. The standard InChI is InChI=1S/C17H13F2N3O2/c1-2-13-4-3-5-14-15(13)24-17(18,19)16(23)22(14)10-12-6-11(7-20)8-21-9-12/h3-6,8-9H,2,10H2,1H3. The third-order valence-corrected chi connectivity index (χ3v) is 3.74. The Labute approximate surface area is 137 Å². The molecular weight excluding hydrogens is 316 g/mol. The molecule has 0 spiro atoms. The molecule has 2 heterocycles. The summed E-state index contributed by atoms with van der Waals surface area (Å²) in [6.07, 6.45) is -0.640. The molecule has 0 atom stereocenters. The number of benzene rings is 1. The van der Waals surface area contributed by atoms with Crippen molar-refractivity contribution < 1.29 is 18.3 Å². The summed E-state index contributed by atoms with van der Waals surface area (Å²) in [6.45, 7) is 1.69. The van der Waals surface area contributed by atoms with Crippen LogP contribution in [0.2, 0.25) is 0 Å². The van der Waals surface area contributed by atoms with Crippen LogP contribution in [0.3, 0.4) is 0 Å². The molecule has 3 rings (SSSR count). The van der Waals surface area contributed by atoms with Crippen LogP contribution < -0.4 is 9.64 Å². The fourth-order valence-corrected chi connectivity index (χ4v) is 2.59. The van der Waals surface area contributed by atoms with E-state index in [0.717, 1.165) is 4.90 Å². The van der Waals surface area contributed by atoms with Gasteiger partial charge in [-0.15, -0.1) is 0 Å². The third-order valence-electron chi connectivity index (χ3n) is 3.74. The fourth-order valence-electron chi connectivity index (χ4n) is 2.59. The van der Waals surface area contributed by atoms with Gasteiger partial charge in [-0.3, -0.25) is 14.7 Å². The lowest BCUT2D eigenvalue weighted by molar-refractivity contribution is -0.193. The number of hydrogen-bond acceptors (Lipinski definition) is 4. The maximum atomic E-state index is 14.0. The highest BCUT2D eigenvalue weighted by Crippen LogP contribution is 2.42. The van der Waals surface area contributed by atoms with E-state index in [0.29, 0.717) is 23.1 Å². The van der Waals surface area contributed by atoms with Gasteiger partial charge in [0.25, 0.3) is 0 Å². The number of aromatic nitrogens is 1. The number of alkyl halides is 2. The van der Waals surface area contributed by atoms with Crippen LogP contribution in [-0.4, -0.2) is 17.0 Å². The second kappa shape index (κ2) is 5.89. The summed E-state index contributed by atoms with van der Waals surface area (Å²) < 4.78 is 32.7. The Hall–Kier alpha value is -3.01. The molecule has 122 valence electrons. The van der Waals surface area contributed by atoms with Gasteiger partial charge in [0.05, 0.1) is 17.8 Å². The smallest absolute Gasteiger partial charge is 0.423 e. The molecule has 0 bridgehead atoms. The Morgan fingerprint density at radius 3 is 2.88 bits per heavy atom. The van der Waals surface area contributed by atoms with Crippen LogP contribution in [-0.2, 0) is 17.8 Å². The van der Waals surface area contributed by atoms with Crippen molar-refractivity contribution in [3.8, 4) is 11.8 Å². The van der Waals surface area contributed by atoms with Crippen molar-refractivity contribution in [2.75, 3.05) is 4.90 Å². The van der Waals surface area contributed by atoms with E-state index in [1.807, 2.05) is 13.0 Å². The summed E-state index contributed by atoms with van der Waals surface area (Å²) in [5.74, 6) is -1.43. The van der Waals surface area contributed by atoms with Crippen LogP contribution in [0.15, 0.2) is 36.7 Å². The number of aryl methyl sites for hydroxylation is 1. The van der Waals surface area contributed by atoms with Crippen molar-refractivity contribution in [2.24, 2.45) is 0 Å². The van der Waals surface area contributed by atoms with Crippen LogP contribution in [0.1, 0.15) is 23.6 Å². The Balaban J connectivity index is 2.06. The monoisotopic (exact) mass is 329 g/mol. The van der Waals surface area contributed by atoms with Crippen LogP contribution in [0.5, 0.6) is 5.75 Å². The lowest BCUT2D eigenvalue weighted by Crippen LogP contribution is -2.50. The van der Waals surface area contributed by atoms with Crippen molar-refractivity contribution in [1.82, 2.24) is 4.98 Å². The number of nitrogens with zero attached hydrogens (tertiary/aromatic N) is 3. The molecule has 0 aliphatic carbocycles. The Morgan fingerprint density at radius 2 is 2.17 bits per heavy atom. The number of carbonyl (C=O) groups excluding carboxylic acids is 1. The number of rotatable bonds is 3. The number of amides is 1. The van der Waals surface area contributed by atoms with E-state index >= 15 is 0 Å². The molecule has 1 aromatic heterocycles. The Morgan fingerprint density at radius 1 is 1.38 bits per heavy atom. The zero-order valence-corrected chi connectivity index (χ0v) is 12.8. The number of hydrogen-bond donors (Lipinski definition) is 0. The highest BCUT2D eigenvalue weighted by atomic mass is 19.3. The first-order valence-corrected chi connectivity index (χ1v) is 7.31. The van der Waals surface area contributed by atoms with E-state index in [1.165, 1.54) is 18.5 Å². The number of anilines is 1. The summed E-state index contributed by atoms with van der Waals surface area (Å²) in [6, 6.07) is 8.37. The van der Waals surface area contributed by atoms with E-state index in [4.69, 9.17) is 5.26 Å². The number of para-hydroxylation sites is 1. The van der Waals surface area contributed by atoms with Gasteiger partial charge < -0.3 is 4.74 Å². The minimum absolute atomic E-state index is 0.00833. The number of fused-ring (bicyclic) bond motifs is 1. The van der Waals surface area contributed by atoms with Gasteiger partial charge in [0.2, 0.25) is 0 Å². The van der Waals surface area contributed by atoms with Gasteiger partial charge in [-0.2, -0.15) is 14.0 Å². The van der Waals surface area contributed by atoms with Crippen LogP contribution in [0.25, 0.3) is 0 Å². The van der Waals surface area contributed by atoms with Gasteiger partial charge in [-0.1, -0.05) is 19.1 Å². The van der Waals surface area contributed by atoms with Crippen molar-refractivity contribution >= 4 is 11.6 Å². The summed E-state index contributed by atoms with van der Waals surface area (Å²) >= 11 is 0. The molecule has 0 N–H and O–H groups in total. The van der Waals surface area contributed by atoms with E-state index in [9.17, 15) is 13.6 Å². The number of carbonyl (C=O) groups is 1. The molecule has 0 unspecified atom stereocenters. The molecule has 1 aromatic carbocycles. The Bertz CT molecular complexity index is 846. The quantitative estimate of drug-likeness (QED) is 0.868. The molecule has 2 aromatic rings. The molecule has 7 heteroatoms. The highest BCUT2D eigenvalue weighted by molar-refractivity contribution is 6.01. The molecule has 0 saturated carbocycles. The van der Waals surface area contributed by atoms with Crippen molar-refractivity contribution in [2.45, 2.75) is 26.0 Å². The van der Waals surface area contributed by atoms with Crippen molar-refractivity contribution in [1.29, 1.82) is 5.26 Å². The summed E-state index contributed by atoms with van der Waals surface area (Å²) in [4.78, 5) is 17.0. The number of pyridine rings is 1. The topological polar surface area (TPSA) is 66.2 Å². The first-order chi connectivity index (χ1) is 11.5. The largest absolute Gasteiger partial charge is 0.483 e. The van der Waals surface area contributed by atoms with Crippen LogP contribution in [0, 0.1) is 11.3 Å². The lowest BCUT2D eigenvalue weighted by atomic mass is 10.1. The van der Waals surface area contributed by atoms with Gasteiger partial charge in [-0.05, 0) is 29.7 Å². The van der Waals surface area contributed by atoms with Gasteiger partial charge in [-0.25, -0.2) is 0 Å². The van der Waals surface area contributed by atoms with Crippen LogP contribution in [0.4, 0.5) is 14.5 Å². The first kappa shape index (κ1) is 15.9. The first-order valence-electron chi connectivity index (χ1n) is 7.31. The molecule has 1 aliphatic heterocycles. The lowest BCUT2D eigenvalue weighted by Gasteiger charge is -2.34. The maximum Gasteiger partial charge on any atom is 0.483 e. The summed E-state index contributed by atoms with van der Waals surface area (Å²) in [5.41, 5.74) is 1.65. The van der Waals surface area contributed by atoms with Crippen molar-refractivity contribution in [3.63, 3.8) is 0 Å². The average Bonchev–Trinajstić information content (AvgIpc) is 2.58. The SMILES string of the molecule is CCc1cccc2c1OC(F)(F)C(=O)N2Cc1cncc(C#N)c1. The van der Waals surface area contributed by atoms with Gasteiger partial charge in [0.15, 0.2) is 5.75 Å². The average molecular weight is 329 g/mol. The zero-order chi connectivity index (χ0) is 17.3. The number of nitriles is 1. The normalized spacial score (nSPS) is 15.4. The van der Waals surface area contributed by atoms with E-state index in [1.54, 1.807) is 18.2 Å². The van der Waals surface area contributed by atoms with Gasteiger partial charge in [0.1, 0.15) is 6.07 Å². The predicted octanol–water partition coefficient (Wildman–Crippen LogP) is 3.03. The highest BCUT2D eigenvalue weighted by Gasteiger charge is 2.51. The summed E-state index contributed by atoms with van der Waals surface area (Å²) in [7, 11) is 0. The van der Waals surface area contributed by atoms with Crippen molar-refractivity contribution in [3.05, 3.63) is 53.3 Å². The number of halogens is 2.